The van der Waals surface area contributed by atoms with E-state index in [4.69, 9.17) is 5.26 Å². The SMILES string of the molecule is CC(C(=O)NC(C)(C)C)n1ccnc1C#N. The first-order valence-electron chi connectivity index (χ1n) is 5.10. The highest BCUT2D eigenvalue weighted by atomic mass is 16.2. The van der Waals surface area contributed by atoms with Gasteiger partial charge in [-0.3, -0.25) is 4.79 Å². The number of nitriles is 1. The molecule has 0 saturated heterocycles. The van der Waals surface area contributed by atoms with Crippen LogP contribution in [0.2, 0.25) is 0 Å². The predicted molar refractivity (Wildman–Crippen MR) is 59.5 cm³/mol. The van der Waals surface area contributed by atoms with E-state index in [0.717, 1.165) is 0 Å². The second-order valence-corrected chi connectivity index (χ2v) is 4.69. The lowest BCUT2D eigenvalue weighted by molar-refractivity contribution is -0.125. The average Bonchev–Trinajstić information content (AvgIpc) is 2.61. The highest BCUT2D eigenvalue weighted by Gasteiger charge is 2.21. The summed E-state index contributed by atoms with van der Waals surface area (Å²) in [7, 11) is 0. The molecule has 1 amide bonds. The van der Waals surface area contributed by atoms with Crippen molar-refractivity contribution < 1.29 is 4.79 Å². The number of nitrogens with zero attached hydrogens (tertiary/aromatic N) is 3. The molecule has 0 fully saturated rings. The van der Waals surface area contributed by atoms with Gasteiger partial charge in [-0.2, -0.15) is 5.26 Å². The first-order chi connectivity index (χ1) is 7.35. The summed E-state index contributed by atoms with van der Waals surface area (Å²) in [5.74, 6) is 0.124. The van der Waals surface area contributed by atoms with Crippen LogP contribution >= 0.6 is 0 Å². The van der Waals surface area contributed by atoms with Crippen LogP contribution in [0.25, 0.3) is 0 Å². The zero-order valence-corrected chi connectivity index (χ0v) is 9.98. The smallest absolute Gasteiger partial charge is 0.243 e. The van der Waals surface area contributed by atoms with E-state index in [1.54, 1.807) is 17.7 Å². The van der Waals surface area contributed by atoms with Gasteiger partial charge in [0.1, 0.15) is 12.1 Å². The molecule has 5 nitrogen and oxygen atoms in total. The molecule has 0 bridgehead atoms. The minimum absolute atomic E-state index is 0.123. The van der Waals surface area contributed by atoms with Crippen LogP contribution in [0.5, 0.6) is 0 Å². The van der Waals surface area contributed by atoms with Crippen molar-refractivity contribution in [3.8, 4) is 6.07 Å². The molecule has 1 N–H and O–H groups in total. The van der Waals surface area contributed by atoms with Crippen molar-refractivity contribution in [1.29, 1.82) is 5.26 Å². The fourth-order valence-electron chi connectivity index (χ4n) is 1.31. The van der Waals surface area contributed by atoms with Gasteiger partial charge in [-0.25, -0.2) is 4.98 Å². The van der Waals surface area contributed by atoms with Gasteiger partial charge in [-0.05, 0) is 27.7 Å². The summed E-state index contributed by atoms with van der Waals surface area (Å²) < 4.78 is 1.56. The molecule has 0 saturated carbocycles. The standard InChI is InChI=1S/C11H16N4O/c1-8(10(16)14-11(2,3)4)15-6-5-13-9(15)7-12/h5-6,8H,1-4H3,(H,14,16). The second-order valence-electron chi connectivity index (χ2n) is 4.69. The van der Waals surface area contributed by atoms with Crippen LogP contribution in [-0.2, 0) is 4.79 Å². The van der Waals surface area contributed by atoms with E-state index in [9.17, 15) is 4.79 Å². The van der Waals surface area contributed by atoms with Crippen molar-refractivity contribution in [2.24, 2.45) is 0 Å². The monoisotopic (exact) mass is 220 g/mol. The van der Waals surface area contributed by atoms with E-state index in [1.165, 1.54) is 6.20 Å². The van der Waals surface area contributed by atoms with Gasteiger partial charge in [0.05, 0.1) is 0 Å². The van der Waals surface area contributed by atoms with E-state index in [0.29, 0.717) is 0 Å². The third kappa shape index (κ3) is 2.83. The summed E-state index contributed by atoms with van der Waals surface area (Å²) in [6.07, 6.45) is 3.14. The Labute approximate surface area is 95.1 Å². The predicted octanol–water partition coefficient (Wildman–Crippen LogP) is 1.23. The fourth-order valence-corrected chi connectivity index (χ4v) is 1.31. The topological polar surface area (TPSA) is 70.7 Å². The van der Waals surface area contributed by atoms with Crippen LogP contribution in [0.3, 0.4) is 0 Å². The molecule has 1 aromatic rings. The summed E-state index contributed by atoms with van der Waals surface area (Å²) in [4.78, 5) is 15.7. The second kappa shape index (κ2) is 4.35. The number of carbonyl (C=O) groups is 1. The maximum atomic E-state index is 11.9. The average molecular weight is 220 g/mol. The minimum atomic E-state index is -0.434. The first-order valence-corrected chi connectivity index (χ1v) is 5.10. The van der Waals surface area contributed by atoms with Gasteiger partial charge < -0.3 is 9.88 Å². The van der Waals surface area contributed by atoms with Gasteiger partial charge >= 0.3 is 0 Å². The number of nitrogens with one attached hydrogen (secondary N) is 1. The lowest BCUT2D eigenvalue weighted by atomic mass is 10.1. The molecular weight excluding hydrogens is 204 g/mol. The molecule has 5 heteroatoms. The lowest BCUT2D eigenvalue weighted by Gasteiger charge is -2.23. The largest absolute Gasteiger partial charge is 0.350 e. The number of hydrogen-bond donors (Lipinski definition) is 1. The fraction of sp³-hybridized carbons (Fsp3) is 0.545. The summed E-state index contributed by atoms with van der Waals surface area (Å²) >= 11 is 0. The summed E-state index contributed by atoms with van der Waals surface area (Å²) in [5, 5.41) is 11.7. The van der Waals surface area contributed by atoms with Crippen LogP contribution in [0.15, 0.2) is 12.4 Å². The maximum Gasteiger partial charge on any atom is 0.243 e. The first kappa shape index (κ1) is 12.2. The number of amides is 1. The Balaban J connectivity index is 2.83. The van der Waals surface area contributed by atoms with Gasteiger partial charge in [0.2, 0.25) is 11.7 Å². The van der Waals surface area contributed by atoms with Gasteiger partial charge in [0, 0.05) is 17.9 Å². The number of imidazole rings is 1. The number of hydrogen-bond acceptors (Lipinski definition) is 3. The zero-order chi connectivity index (χ0) is 12.3. The number of aromatic nitrogens is 2. The van der Waals surface area contributed by atoms with E-state index >= 15 is 0 Å². The molecule has 86 valence electrons. The Kier molecular flexibility index (Phi) is 3.33. The molecule has 0 aliphatic carbocycles. The van der Waals surface area contributed by atoms with Gasteiger partial charge in [-0.1, -0.05) is 0 Å². The minimum Gasteiger partial charge on any atom is -0.350 e. The third-order valence-corrected chi connectivity index (χ3v) is 2.06. The number of rotatable bonds is 2. The summed E-state index contributed by atoms with van der Waals surface area (Å²) in [6, 6.07) is 1.51. The highest BCUT2D eigenvalue weighted by Crippen LogP contribution is 2.10. The van der Waals surface area contributed by atoms with Crippen LogP contribution in [0, 0.1) is 11.3 Å². The normalized spacial score (nSPS) is 12.9. The van der Waals surface area contributed by atoms with Gasteiger partial charge in [0.25, 0.3) is 0 Å². The summed E-state index contributed by atoms with van der Waals surface area (Å²) in [6.45, 7) is 7.48. The van der Waals surface area contributed by atoms with Crippen molar-refractivity contribution in [3.63, 3.8) is 0 Å². The zero-order valence-electron chi connectivity index (χ0n) is 9.98. The quantitative estimate of drug-likeness (QED) is 0.814. The van der Waals surface area contributed by atoms with E-state index in [1.807, 2.05) is 26.8 Å². The third-order valence-electron chi connectivity index (χ3n) is 2.06. The number of carbonyl (C=O) groups excluding carboxylic acids is 1. The Hall–Kier alpha value is -1.83. The Morgan fingerprint density at radius 2 is 2.25 bits per heavy atom. The van der Waals surface area contributed by atoms with Crippen LogP contribution < -0.4 is 5.32 Å². The molecular formula is C11H16N4O. The molecule has 1 unspecified atom stereocenters. The van der Waals surface area contributed by atoms with E-state index in [-0.39, 0.29) is 17.3 Å². The van der Waals surface area contributed by atoms with Crippen molar-refractivity contribution in [2.45, 2.75) is 39.3 Å². The molecule has 0 aromatic carbocycles. The molecule has 0 aliphatic heterocycles. The Bertz CT molecular complexity index is 422. The molecule has 0 aliphatic rings. The van der Waals surface area contributed by atoms with E-state index < -0.39 is 6.04 Å². The van der Waals surface area contributed by atoms with Crippen LogP contribution in [0.1, 0.15) is 39.6 Å². The molecule has 1 atom stereocenters. The molecule has 16 heavy (non-hydrogen) atoms. The van der Waals surface area contributed by atoms with Gasteiger partial charge in [0.15, 0.2) is 0 Å². The van der Waals surface area contributed by atoms with Crippen molar-refractivity contribution >= 4 is 5.91 Å². The van der Waals surface area contributed by atoms with Gasteiger partial charge in [-0.15, -0.1) is 0 Å². The maximum absolute atomic E-state index is 11.9. The molecule has 0 radical (unpaired) electrons. The molecule has 1 aromatic heterocycles. The van der Waals surface area contributed by atoms with E-state index in [2.05, 4.69) is 10.3 Å². The van der Waals surface area contributed by atoms with Crippen molar-refractivity contribution in [2.75, 3.05) is 0 Å². The Morgan fingerprint density at radius 3 is 2.75 bits per heavy atom. The van der Waals surface area contributed by atoms with Crippen LogP contribution in [0.4, 0.5) is 0 Å². The van der Waals surface area contributed by atoms with Crippen molar-refractivity contribution in [3.05, 3.63) is 18.2 Å². The molecule has 1 heterocycles. The van der Waals surface area contributed by atoms with Crippen LogP contribution in [-0.4, -0.2) is 21.0 Å². The molecule has 1 rings (SSSR count). The Morgan fingerprint density at radius 1 is 1.62 bits per heavy atom. The highest BCUT2D eigenvalue weighted by molar-refractivity contribution is 5.80. The lowest BCUT2D eigenvalue weighted by Crippen LogP contribution is -2.43. The molecule has 0 spiro atoms. The van der Waals surface area contributed by atoms with Crippen molar-refractivity contribution in [1.82, 2.24) is 14.9 Å². The summed E-state index contributed by atoms with van der Waals surface area (Å²) in [5.41, 5.74) is -0.279.